The van der Waals surface area contributed by atoms with Gasteiger partial charge in [-0.15, -0.1) is 0 Å². The van der Waals surface area contributed by atoms with Gasteiger partial charge < -0.3 is 16.0 Å². The van der Waals surface area contributed by atoms with Gasteiger partial charge >= 0.3 is 0 Å². The molecule has 3 N–H and O–H groups in total. The molecule has 0 bridgehead atoms. The average Bonchev–Trinajstić information content (AvgIpc) is 2.97. The van der Waals surface area contributed by atoms with E-state index in [2.05, 4.69) is 120 Å². The first-order chi connectivity index (χ1) is 19.6. The topological polar surface area (TPSA) is 74.8 Å². The van der Waals surface area contributed by atoms with E-state index in [4.69, 9.17) is 15.0 Å². The van der Waals surface area contributed by atoms with E-state index in [1.165, 1.54) is 83.5 Å². The Balaban J connectivity index is 1.90. The minimum atomic E-state index is 0.496. The molecule has 1 heterocycles. The van der Waals surface area contributed by atoms with Crippen molar-refractivity contribution in [3.05, 3.63) is 83.5 Å². The maximum atomic E-state index is 4.90. The van der Waals surface area contributed by atoms with Crippen molar-refractivity contribution in [2.24, 2.45) is 0 Å². The van der Waals surface area contributed by atoms with Gasteiger partial charge in [-0.2, -0.15) is 15.0 Å². The maximum Gasteiger partial charge on any atom is 0.233 e. The monoisotopic (exact) mass is 564 g/mol. The van der Waals surface area contributed by atoms with E-state index in [-0.39, 0.29) is 0 Å². The lowest BCUT2D eigenvalue weighted by Gasteiger charge is -2.22. The SMILES string of the molecule is Cc1c(C)c(C)c(Nc2nc(Nc3c(C)c(C)c(C)c(C)c3C)nc(Nc3c(C)c(C)c(C)c(C)c3C)n2)c(C)c1C. The summed E-state index contributed by atoms with van der Waals surface area (Å²) >= 11 is 0. The van der Waals surface area contributed by atoms with Crippen LogP contribution in [-0.2, 0) is 0 Å². The highest BCUT2D eigenvalue weighted by Crippen LogP contribution is 2.36. The van der Waals surface area contributed by atoms with Crippen LogP contribution in [-0.4, -0.2) is 15.0 Å². The highest BCUT2D eigenvalue weighted by molar-refractivity contribution is 5.74. The van der Waals surface area contributed by atoms with Gasteiger partial charge in [0.15, 0.2) is 0 Å². The van der Waals surface area contributed by atoms with Crippen molar-refractivity contribution < 1.29 is 0 Å². The van der Waals surface area contributed by atoms with Gasteiger partial charge in [0, 0.05) is 17.1 Å². The lowest BCUT2D eigenvalue weighted by atomic mass is 9.93. The van der Waals surface area contributed by atoms with Crippen LogP contribution in [0.15, 0.2) is 0 Å². The third-order valence-electron chi connectivity index (χ3n) is 10.3. The van der Waals surface area contributed by atoms with E-state index in [0.29, 0.717) is 17.8 Å². The Labute approximate surface area is 252 Å². The summed E-state index contributed by atoms with van der Waals surface area (Å²) in [5, 5.41) is 10.7. The minimum Gasteiger partial charge on any atom is -0.323 e. The molecular weight excluding hydrogens is 516 g/mol. The van der Waals surface area contributed by atoms with Gasteiger partial charge in [-0.3, -0.25) is 0 Å². The van der Waals surface area contributed by atoms with E-state index in [1.807, 2.05) is 0 Å². The van der Waals surface area contributed by atoms with Crippen LogP contribution >= 0.6 is 0 Å². The molecule has 0 saturated heterocycles. The summed E-state index contributed by atoms with van der Waals surface area (Å²) in [6, 6.07) is 0. The van der Waals surface area contributed by atoms with Crippen LogP contribution < -0.4 is 16.0 Å². The molecule has 0 saturated carbocycles. The molecule has 0 unspecified atom stereocenters. The van der Waals surface area contributed by atoms with Crippen molar-refractivity contribution in [1.29, 1.82) is 0 Å². The van der Waals surface area contributed by atoms with Crippen molar-refractivity contribution in [3.8, 4) is 0 Å². The second-order valence-electron chi connectivity index (χ2n) is 12.2. The van der Waals surface area contributed by atoms with Crippen molar-refractivity contribution in [1.82, 2.24) is 15.0 Å². The minimum absolute atomic E-state index is 0.496. The molecule has 3 aromatic carbocycles. The molecule has 6 nitrogen and oxygen atoms in total. The molecule has 0 fully saturated rings. The van der Waals surface area contributed by atoms with Crippen molar-refractivity contribution >= 4 is 34.9 Å². The summed E-state index contributed by atoms with van der Waals surface area (Å²) in [6.07, 6.45) is 0. The van der Waals surface area contributed by atoms with Crippen LogP contribution in [0.3, 0.4) is 0 Å². The highest BCUT2D eigenvalue weighted by Gasteiger charge is 2.19. The molecule has 222 valence electrons. The van der Waals surface area contributed by atoms with Crippen LogP contribution in [0.5, 0.6) is 0 Å². The lowest BCUT2D eigenvalue weighted by Crippen LogP contribution is -2.12. The van der Waals surface area contributed by atoms with Crippen molar-refractivity contribution in [2.75, 3.05) is 16.0 Å². The average molecular weight is 565 g/mol. The molecule has 1 aromatic heterocycles. The van der Waals surface area contributed by atoms with Crippen LogP contribution in [0.4, 0.5) is 34.9 Å². The standard InChI is InChI=1S/C36H48N6/c1-16-19(4)25(10)31(26(11)20(16)5)37-34-40-35(38-32-27(12)21(6)17(2)22(7)28(32)13)42-36(41-34)39-33-29(14)23(8)18(3)24(9)30(33)15/h1-15H3,(H3,37,38,39,40,41,42). The Bertz CT molecular complexity index is 1440. The molecule has 42 heavy (non-hydrogen) atoms. The number of nitrogens with zero attached hydrogens (tertiary/aromatic N) is 3. The predicted molar refractivity (Wildman–Crippen MR) is 180 cm³/mol. The first-order valence-electron chi connectivity index (χ1n) is 14.8. The molecule has 4 aromatic rings. The van der Waals surface area contributed by atoms with Crippen LogP contribution in [0.1, 0.15) is 83.5 Å². The van der Waals surface area contributed by atoms with E-state index in [1.54, 1.807) is 0 Å². The van der Waals surface area contributed by atoms with E-state index < -0.39 is 0 Å². The molecule has 0 aliphatic carbocycles. The van der Waals surface area contributed by atoms with Crippen LogP contribution in [0.2, 0.25) is 0 Å². The smallest absolute Gasteiger partial charge is 0.233 e. The summed E-state index contributed by atoms with van der Waals surface area (Å²) in [5.74, 6) is 1.49. The third kappa shape index (κ3) is 5.23. The first-order valence-corrected chi connectivity index (χ1v) is 14.8. The number of aromatic nitrogens is 3. The summed E-state index contributed by atoms with van der Waals surface area (Å²) in [6.45, 7) is 32.6. The molecule has 0 atom stereocenters. The largest absolute Gasteiger partial charge is 0.323 e. The Morgan fingerprint density at radius 3 is 0.548 bits per heavy atom. The first kappa shape index (κ1) is 31.0. The zero-order valence-electron chi connectivity index (χ0n) is 28.3. The Kier molecular flexibility index (Phi) is 8.41. The zero-order valence-corrected chi connectivity index (χ0v) is 28.3. The summed E-state index contributed by atoms with van der Waals surface area (Å²) < 4.78 is 0. The molecular formula is C36H48N6. The number of hydrogen-bond donors (Lipinski definition) is 3. The van der Waals surface area contributed by atoms with Gasteiger partial charge in [-0.05, 0) is 187 Å². The van der Waals surface area contributed by atoms with Gasteiger partial charge in [-0.1, -0.05) is 0 Å². The molecule has 0 radical (unpaired) electrons. The number of anilines is 6. The van der Waals surface area contributed by atoms with Crippen molar-refractivity contribution in [3.63, 3.8) is 0 Å². The number of nitrogens with one attached hydrogen (secondary N) is 3. The Hall–Kier alpha value is -3.93. The fourth-order valence-corrected chi connectivity index (χ4v) is 5.94. The summed E-state index contributed by atoms with van der Waals surface area (Å²) in [5.41, 5.74) is 22.0. The van der Waals surface area contributed by atoms with Gasteiger partial charge in [0.05, 0.1) is 0 Å². The second kappa shape index (κ2) is 11.4. The third-order valence-corrected chi connectivity index (χ3v) is 10.3. The number of hydrogen-bond acceptors (Lipinski definition) is 6. The van der Waals surface area contributed by atoms with Gasteiger partial charge in [0.2, 0.25) is 17.8 Å². The van der Waals surface area contributed by atoms with E-state index >= 15 is 0 Å². The Morgan fingerprint density at radius 2 is 0.381 bits per heavy atom. The van der Waals surface area contributed by atoms with Crippen LogP contribution in [0, 0.1) is 104 Å². The summed E-state index contributed by atoms with van der Waals surface area (Å²) in [4.78, 5) is 14.7. The predicted octanol–water partition coefficient (Wildman–Crippen LogP) is 9.73. The fraction of sp³-hybridized carbons (Fsp3) is 0.417. The number of benzene rings is 3. The Morgan fingerprint density at radius 1 is 0.238 bits per heavy atom. The molecule has 0 aliphatic rings. The normalized spacial score (nSPS) is 11.2. The molecule has 0 spiro atoms. The van der Waals surface area contributed by atoms with Gasteiger partial charge in [-0.25, -0.2) is 0 Å². The molecule has 0 aliphatic heterocycles. The van der Waals surface area contributed by atoms with Crippen molar-refractivity contribution in [2.45, 2.75) is 104 Å². The molecule has 6 heteroatoms. The molecule has 4 rings (SSSR count). The summed E-state index contributed by atoms with van der Waals surface area (Å²) in [7, 11) is 0. The van der Waals surface area contributed by atoms with E-state index in [9.17, 15) is 0 Å². The quantitative estimate of drug-likeness (QED) is 0.216. The molecule has 0 amide bonds. The fourth-order valence-electron chi connectivity index (χ4n) is 5.94. The number of rotatable bonds is 6. The van der Waals surface area contributed by atoms with Gasteiger partial charge in [0.25, 0.3) is 0 Å². The second-order valence-corrected chi connectivity index (χ2v) is 12.2. The highest BCUT2D eigenvalue weighted by atomic mass is 15.3. The van der Waals surface area contributed by atoms with Crippen LogP contribution in [0.25, 0.3) is 0 Å². The van der Waals surface area contributed by atoms with E-state index in [0.717, 1.165) is 17.1 Å². The van der Waals surface area contributed by atoms with Gasteiger partial charge in [0.1, 0.15) is 0 Å². The maximum absolute atomic E-state index is 4.90. The zero-order chi connectivity index (χ0) is 31.4. The lowest BCUT2D eigenvalue weighted by molar-refractivity contribution is 1.05.